The topological polar surface area (TPSA) is 35.9 Å². The summed E-state index contributed by atoms with van der Waals surface area (Å²) in [5.74, 6) is 0. The lowest BCUT2D eigenvalue weighted by molar-refractivity contribution is -0.123. The molecule has 2 aromatic carbocycles. The number of piperidine rings is 1. The van der Waals surface area contributed by atoms with E-state index in [-0.39, 0.29) is 6.04 Å². The first-order valence-electron chi connectivity index (χ1n) is 10.6. The van der Waals surface area contributed by atoms with Gasteiger partial charge in [-0.05, 0) is 36.0 Å². The Kier molecular flexibility index (Phi) is 4.97. The van der Waals surface area contributed by atoms with Crippen molar-refractivity contribution in [1.82, 2.24) is 9.80 Å². The van der Waals surface area contributed by atoms with Gasteiger partial charge in [-0.25, -0.2) is 0 Å². The zero-order valence-corrected chi connectivity index (χ0v) is 16.5. The van der Waals surface area contributed by atoms with Crippen LogP contribution in [0.5, 0.6) is 0 Å². The second-order valence-electron chi connectivity index (χ2n) is 8.53. The minimum Gasteiger partial charge on any atom is -0.383 e. The Balaban J connectivity index is 1.40. The summed E-state index contributed by atoms with van der Waals surface area (Å²) >= 11 is 0. The molecule has 4 heteroatoms. The van der Waals surface area contributed by atoms with Crippen LogP contribution in [0.1, 0.15) is 23.1 Å². The Bertz CT molecular complexity index is 780. The molecule has 0 spiro atoms. The number of fused-ring (bicyclic) bond motifs is 1. The van der Waals surface area contributed by atoms with Gasteiger partial charge in [0.25, 0.3) is 0 Å². The Morgan fingerprint density at radius 1 is 0.821 bits per heavy atom. The van der Waals surface area contributed by atoms with Gasteiger partial charge in [-0.3, -0.25) is 9.80 Å². The largest absolute Gasteiger partial charge is 0.383 e. The van der Waals surface area contributed by atoms with E-state index in [0.29, 0.717) is 6.04 Å². The van der Waals surface area contributed by atoms with Crippen LogP contribution in [0.2, 0.25) is 0 Å². The number of hydrogen-bond donors (Lipinski definition) is 1. The first-order valence-corrected chi connectivity index (χ1v) is 10.6. The van der Waals surface area contributed by atoms with Crippen molar-refractivity contribution in [3.8, 4) is 0 Å². The molecular formula is C24H30N2O2. The van der Waals surface area contributed by atoms with Crippen LogP contribution in [0.15, 0.2) is 54.6 Å². The summed E-state index contributed by atoms with van der Waals surface area (Å²) in [6, 6.07) is 19.8. The monoisotopic (exact) mass is 378 g/mol. The van der Waals surface area contributed by atoms with E-state index >= 15 is 0 Å². The SMILES string of the molecule is O[C@]1(c2ccccc2)CCN(C2Cc3ccccc3C2)C[C@H]1N1CCOCC1. The summed E-state index contributed by atoms with van der Waals surface area (Å²) in [5.41, 5.74) is 3.26. The second-order valence-corrected chi connectivity index (χ2v) is 8.53. The molecule has 2 saturated heterocycles. The van der Waals surface area contributed by atoms with Crippen LogP contribution in [-0.2, 0) is 23.2 Å². The minimum atomic E-state index is -0.791. The zero-order chi connectivity index (χ0) is 19.0. The Labute approximate surface area is 167 Å². The Morgan fingerprint density at radius 3 is 2.14 bits per heavy atom. The fraction of sp³-hybridized carbons (Fsp3) is 0.500. The molecule has 2 atom stereocenters. The quantitative estimate of drug-likeness (QED) is 0.890. The number of ether oxygens (including phenoxy) is 1. The van der Waals surface area contributed by atoms with Gasteiger partial charge >= 0.3 is 0 Å². The van der Waals surface area contributed by atoms with E-state index in [0.717, 1.165) is 64.2 Å². The van der Waals surface area contributed by atoms with Gasteiger partial charge in [0.2, 0.25) is 0 Å². The molecule has 3 aliphatic rings. The van der Waals surface area contributed by atoms with E-state index in [1.165, 1.54) is 11.1 Å². The summed E-state index contributed by atoms with van der Waals surface area (Å²) in [5, 5.41) is 11.9. The number of rotatable bonds is 3. The van der Waals surface area contributed by atoms with Gasteiger partial charge in [0, 0.05) is 32.2 Å². The number of morpholine rings is 1. The van der Waals surface area contributed by atoms with Gasteiger partial charge in [0.15, 0.2) is 0 Å². The van der Waals surface area contributed by atoms with Gasteiger partial charge < -0.3 is 9.84 Å². The van der Waals surface area contributed by atoms with Gasteiger partial charge in [-0.15, -0.1) is 0 Å². The average Bonchev–Trinajstić information content (AvgIpc) is 3.19. The molecule has 2 heterocycles. The van der Waals surface area contributed by atoms with E-state index in [1.807, 2.05) is 18.2 Å². The van der Waals surface area contributed by atoms with Crippen molar-refractivity contribution < 1.29 is 9.84 Å². The van der Waals surface area contributed by atoms with E-state index in [9.17, 15) is 5.11 Å². The highest BCUT2D eigenvalue weighted by Crippen LogP contribution is 2.38. The normalized spacial score (nSPS) is 29.7. The second kappa shape index (κ2) is 7.60. The van der Waals surface area contributed by atoms with Crippen molar-refractivity contribution >= 4 is 0 Å². The Hall–Kier alpha value is -1.72. The molecule has 0 bridgehead atoms. The van der Waals surface area contributed by atoms with Gasteiger partial charge in [-0.1, -0.05) is 54.6 Å². The smallest absolute Gasteiger partial charge is 0.108 e. The van der Waals surface area contributed by atoms with Crippen molar-refractivity contribution in [3.05, 3.63) is 71.3 Å². The number of hydrogen-bond acceptors (Lipinski definition) is 4. The van der Waals surface area contributed by atoms with Crippen molar-refractivity contribution in [2.24, 2.45) is 0 Å². The lowest BCUT2D eigenvalue weighted by Crippen LogP contribution is -2.63. The third-order valence-electron chi connectivity index (χ3n) is 7.04. The lowest BCUT2D eigenvalue weighted by atomic mass is 9.79. The maximum Gasteiger partial charge on any atom is 0.108 e. The summed E-state index contributed by atoms with van der Waals surface area (Å²) < 4.78 is 5.60. The zero-order valence-electron chi connectivity index (χ0n) is 16.5. The van der Waals surface area contributed by atoms with E-state index in [1.54, 1.807) is 0 Å². The average molecular weight is 379 g/mol. The van der Waals surface area contributed by atoms with Crippen LogP contribution in [0.25, 0.3) is 0 Å². The van der Waals surface area contributed by atoms with Gasteiger partial charge in [-0.2, -0.15) is 0 Å². The van der Waals surface area contributed by atoms with E-state index < -0.39 is 5.60 Å². The predicted molar refractivity (Wildman–Crippen MR) is 110 cm³/mol. The number of aliphatic hydroxyl groups is 1. The van der Waals surface area contributed by atoms with E-state index in [4.69, 9.17) is 4.74 Å². The molecule has 1 N–H and O–H groups in total. The van der Waals surface area contributed by atoms with Crippen molar-refractivity contribution in [2.75, 3.05) is 39.4 Å². The van der Waals surface area contributed by atoms with Gasteiger partial charge in [0.1, 0.15) is 5.60 Å². The lowest BCUT2D eigenvalue weighted by Gasteiger charge is -2.51. The fourth-order valence-electron chi connectivity index (χ4n) is 5.44. The van der Waals surface area contributed by atoms with Crippen LogP contribution in [0.4, 0.5) is 0 Å². The molecule has 0 aromatic heterocycles. The molecule has 0 saturated carbocycles. The molecule has 4 nitrogen and oxygen atoms in total. The molecule has 1 aliphatic carbocycles. The standard InChI is InChI=1S/C24H30N2O2/c27-24(21-8-2-1-3-9-21)10-11-26(18-23(24)25-12-14-28-15-13-25)22-16-19-6-4-5-7-20(19)17-22/h1-9,22-23,27H,10-18H2/t23-,24+/m1/s1. The van der Waals surface area contributed by atoms with E-state index in [2.05, 4.69) is 46.2 Å². The third-order valence-corrected chi connectivity index (χ3v) is 7.04. The molecular weight excluding hydrogens is 348 g/mol. The third kappa shape index (κ3) is 3.29. The van der Waals surface area contributed by atoms with Crippen LogP contribution in [0, 0.1) is 0 Å². The van der Waals surface area contributed by atoms with Crippen LogP contribution in [-0.4, -0.2) is 66.4 Å². The van der Waals surface area contributed by atoms with Crippen LogP contribution in [0.3, 0.4) is 0 Å². The summed E-state index contributed by atoms with van der Waals surface area (Å²) in [7, 11) is 0. The molecule has 28 heavy (non-hydrogen) atoms. The molecule has 2 fully saturated rings. The molecule has 5 rings (SSSR count). The van der Waals surface area contributed by atoms with Crippen LogP contribution < -0.4 is 0 Å². The highest BCUT2D eigenvalue weighted by Gasteiger charge is 2.47. The molecule has 0 amide bonds. The molecule has 0 radical (unpaired) electrons. The number of likely N-dealkylation sites (tertiary alicyclic amines) is 1. The number of benzene rings is 2. The van der Waals surface area contributed by atoms with Crippen molar-refractivity contribution in [2.45, 2.75) is 36.9 Å². The highest BCUT2D eigenvalue weighted by molar-refractivity contribution is 5.34. The predicted octanol–water partition coefficient (Wildman–Crippen LogP) is 2.45. The van der Waals surface area contributed by atoms with Crippen molar-refractivity contribution in [1.29, 1.82) is 0 Å². The molecule has 2 aromatic rings. The van der Waals surface area contributed by atoms with Crippen LogP contribution >= 0.6 is 0 Å². The summed E-state index contributed by atoms with van der Waals surface area (Å²) in [6.07, 6.45) is 3.05. The minimum absolute atomic E-state index is 0.108. The molecule has 148 valence electrons. The molecule has 2 aliphatic heterocycles. The summed E-state index contributed by atoms with van der Waals surface area (Å²) in [6.45, 7) is 5.19. The first-order chi connectivity index (χ1) is 13.7. The summed E-state index contributed by atoms with van der Waals surface area (Å²) in [4.78, 5) is 5.10. The Morgan fingerprint density at radius 2 is 1.46 bits per heavy atom. The molecule has 0 unspecified atom stereocenters. The van der Waals surface area contributed by atoms with Crippen molar-refractivity contribution in [3.63, 3.8) is 0 Å². The highest BCUT2D eigenvalue weighted by atomic mass is 16.5. The maximum absolute atomic E-state index is 11.9. The van der Waals surface area contributed by atoms with Gasteiger partial charge in [0.05, 0.1) is 19.3 Å². The maximum atomic E-state index is 11.9. The first kappa shape index (κ1) is 18.3. The number of nitrogens with zero attached hydrogens (tertiary/aromatic N) is 2. The fourth-order valence-corrected chi connectivity index (χ4v) is 5.44.